The number of thiophene rings is 1. The highest BCUT2D eigenvalue weighted by molar-refractivity contribution is 7.12. The van der Waals surface area contributed by atoms with E-state index in [0.29, 0.717) is 18.2 Å². The summed E-state index contributed by atoms with van der Waals surface area (Å²) in [5.41, 5.74) is 0.632. The quantitative estimate of drug-likeness (QED) is 0.531. The summed E-state index contributed by atoms with van der Waals surface area (Å²) in [6, 6.07) is 14.0. The zero-order chi connectivity index (χ0) is 21.8. The minimum atomic E-state index is -0.971. The first-order chi connectivity index (χ1) is 14.9. The van der Waals surface area contributed by atoms with Crippen LogP contribution in [0.5, 0.6) is 0 Å². The van der Waals surface area contributed by atoms with Crippen LogP contribution in [-0.4, -0.2) is 46.1 Å². The number of carbonyl (C=O) groups excluding carboxylic acids is 1. The first kappa shape index (κ1) is 21.6. The molecule has 3 N–H and O–H groups in total. The lowest BCUT2D eigenvalue weighted by Crippen LogP contribution is -2.40. The van der Waals surface area contributed by atoms with Crippen LogP contribution in [0.25, 0.3) is 10.9 Å². The van der Waals surface area contributed by atoms with Crippen molar-refractivity contribution in [3.05, 3.63) is 57.9 Å². The number of H-pyrrole nitrogens is 1. The lowest BCUT2D eigenvalue weighted by Gasteiger charge is -2.32. The van der Waals surface area contributed by atoms with Crippen molar-refractivity contribution >= 4 is 28.1 Å². The Kier molecular flexibility index (Phi) is 6.47. The van der Waals surface area contributed by atoms with E-state index in [-0.39, 0.29) is 5.91 Å². The average molecular weight is 436 g/mol. The van der Waals surface area contributed by atoms with Crippen molar-refractivity contribution in [2.45, 2.75) is 38.8 Å². The van der Waals surface area contributed by atoms with Crippen LogP contribution in [0.15, 0.2) is 42.5 Å². The maximum absolute atomic E-state index is 12.6. The largest absolute Gasteiger partial charge is 0.378 e. The Morgan fingerprint density at radius 3 is 2.97 bits per heavy atom. The minimum absolute atomic E-state index is 0.0402. The van der Waals surface area contributed by atoms with E-state index in [1.165, 1.54) is 4.88 Å². The first-order valence-electron chi connectivity index (χ1n) is 10.8. The molecular weight excluding hydrogens is 406 g/mol. The van der Waals surface area contributed by atoms with Gasteiger partial charge >= 0.3 is 0 Å². The molecule has 1 atom stereocenters. The van der Waals surface area contributed by atoms with Crippen LogP contribution in [0.1, 0.15) is 46.9 Å². The molecule has 1 saturated heterocycles. The molecule has 2 aromatic heterocycles. The number of benzene rings is 1. The number of likely N-dealkylation sites (tertiary alicyclic amines) is 1. The van der Waals surface area contributed by atoms with Gasteiger partial charge in [0.05, 0.1) is 4.88 Å². The van der Waals surface area contributed by atoms with E-state index in [1.54, 1.807) is 25.2 Å². The highest BCUT2D eigenvalue weighted by atomic mass is 32.1. The molecule has 0 radical (unpaired) electrons. The van der Waals surface area contributed by atoms with Gasteiger partial charge < -0.3 is 15.4 Å². The lowest BCUT2D eigenvalue weighted by atomic mass is 9.98. The smallest absolute Gasteiger partial charge is 0.267 e. The second kappa shape index (κ2) is 9.27. The summed E-state index contributed by atoms with van der Waals surface area (Å²) in [7, 11) is 0. The van der Waals surface area contributed by atoms with E-state index in [2.05, 4.69) is 33.1 Å². The van der Waals surface area contributed by atoms with Gasteiger partial charge in [-0.15, -0.1) is 11.3 Å². The Bertz CT molecular complexity index is 1080. The van der Waals surface area contributed by atoms with Crippen LogP contribution in [0.2, 0.25) is 0 Å². The Morgan fingerprint density at radius 1 is 1.32 bits per heavy atom. The molecule has 3 heterocycles. The van der Waals surface area contributed by atoms with Crippen LogP contribution < -0.4 is 5.32 Å². The number of fused-ring (bicyclic) bond motifs is 1. The number of nitrogens with zero attached hydrogens (tertiary/aromatic N) is 1. The Balaban J connectivity index is 1.29. The van der Waals surface area contributed by atoms with Gasteiger partial charge in [-0.3, -0.25) is 9.69 Å². The number of nitrogens with one attached hydrogen (secondary N) is 2. The van der Waals surface area contributed by atoms with E-state index in [9.17, 15) is 9.90 Å². The van der Waals surface area contributed by atoms with E-state index >= 15 is 0 Å². The number of para-hydroxylation sites is 1. The standard InChI is InChI=1S/C25H29N3O2S/c1-25(2,30)12-11-20-9-10-21(31-20)17-28-13-5-6-18(16-28)15-26-24(29)23-14-19-7-3-4-8-22(19)27-23/h3-4,7-10,14,18,27,30H,5-6,13,15-17H2,1-2H3,(H,26,29)/t18-/m1/s1. The number of hydrogen-bond acceptors (Lipinski definition) is 4. The van der Waals surface area contributed by atoms with Crippen molar-refractivity contribution in [2.75, 3.05) is 19.6 Å². The molecule has 6 heteroatoms. The molecule has 1 amide bonds. The van der Waals surface area contributed by atoms with Crippen LogP contribution >= 0.6 is 11.3 Å². The number of rotatable bonds is 5. The molecule has 4 rings (SSSR count). The number of aromatic nitrogens is 1. The van der Waals surface area contributed by atoms with Gasteiger partial charge in [0.1, 0.15) is 11.3 Å². The Hall–Kier alpha value is -2.59. The second-order valence-corrected chi connectivity index (χ2v) is 9.97. The van der Waals surface area contributed by atoms with Crippen molar-refractivity contribution in [1.82, 2.24) is 15.2 Å². The first-order valence-corrected chi connectivity index (χ1v) is 11.6. The van der Waals surface area contributed by atoms with Gasteiger partial charge in [0.15, 0.2) is 0 Å². The molecule has 3 aromatic rings. The second-order valence-electron chi connectivity index (χ2n) is 8.80. The van der Waals surface area contributed by atoms with E-state index < -0.39 is 5.60 Å². The SMILES string of the molecule is CC(C)(O)C#Cc1ccc(CN2CCC[C@H](CNC(=O)c3cc4ccccc4[nH]3)C2)s1. The minimum Gasteiger partial charge on any atom is -0.378 e. The molecule has 1 aliphatic rings. The summed E-state index contributed by atoms with van der Waals surface area (Å²) in [6.07, 6.45) is 2.28. The molecule has 162 valence electrons. The Labute approximate surface area is 187 Å². The van der Waals surface area contributed by atoms with Crippen molar-refractivity contribution in [3.63, 3.8) is 0 Å². The molecule has 0 spiro atoms. The predicted molar refractivity (Wildman–Crippen MR) is 126 cm³/mol. The third-order valence-electron chi connectivity index (χ3n) is 5.46. The van der Waals surface area contributed by atoms with Gasteiger partial charge in [-0.25, -0.2) is 0 Å². The summed E-state index contributed by atoms with van der Waals surface area (Å²) in [5.74, 6) is 6.34. The van der Waals surface area contributed by atoms with Crippen molar-refractivity contribution in [1.29, 1.82) is 0 Å². The van der Waals surface area contributed by atoms with E-state index in [1.807, 2.05) is 36.4 Å². The van der Waals surface area contributed by atoms with Gasteiger partial charge in [-0.1, -0.05) is 30.0 Å². The summed E-state index contributed by atoms with van der Waals surface area (Å²) in [5, 5.41) is 13.9. The zero-order valence-electron chi connectivity index (χ0n) is 18.1. The number of piperidine rings is 1. The third kappa shape index (κ3) is 5.98. The molecule has 0 aliphatic carbocycles. The summed E-state index contributed by atoms with van der Waals surface area (Å²) in [6.45, 7) is 7.04. The highest BCUT2D eigenvalue weighted by Gasteiger charge is 2.21. The van der Waals surface area contributed by atoms with E-state index in [4.69, 9.17) is 0 Å². The Morgan fingerprint density at radius 2 is 2.16 bits per heavy atom. The van der Waals surface area contributed by atoms with Gasteiger partial charge in [0.2, 0.25) is 0 Å². The normalized spacial score (nSPS) is 17.3. The van der Waals surface area contributed by atoms with Crippen LogP contribution in [0, 0.1) is 17.8 Å². The average Bonchev–Trinajstić information content (AvgIpc) is 3.37. The van der Waals surface area contributed by atoms with Gasteiger partial charge in [0.25, 0.3) is 5.91 Å². The maximum atomic E-state index is 12.6. The topological polar surface area (TPSA) is 68.4 Å². The molecule has 0 saturated carbocycles. The van der Waals surface area contributed by atoms with Crippen LogP contribution in [-0.2, 0) is 6.54 Å². The van der Waals surface area contributed by atoms with Gasteiger partial charge in [-0.2, -0.15) is 0 Å². The highest BCUT2D eigenvalue weighted by Crippen LogP contribution is 2.22. The molecular formula is C25H29N3O2S. The number of hydrogen-bond donors (Lipinski definition) is 3. The number of aromatic amines is 1. The molecule has 5 nitrogen and oxygen atoms in total. The maximum Gasteiger partial charge on any atom is 0.267 e. The van der Waals surface area contributed by atoms with Gasteiger partial charge in [-0.05, 0) is 63.4 Å². The molecule has 0 unspecified atom stereocenters. The number of carbonyl (C=O) groups is 1. The fourth-order valence-electron chi connectivity index (χ4n) is 3.95. The summed E-state index contributed by atoms with van der Waals surface area (Å²) < 4.78 is 0. The fraction of sp³-hybridized carbons (Fsp3) is 0.400. The predicted octanol–water partition coefficient (Wildman–Crippen LogP) is 3.99. The van der Waals surface area contributed by atoms with Gasteiger partial charge in [0, 0.05) is 35.4 Å². The number of aliphatic hydroxyl groups is 1. The lowest BCUT2D eigenvalue weighted by molar-refractivity contribution is 0.0926. The summed E-state index contributed by atoms with van der Waals surface area (Å²) >= 11 is 1.69. The molecule has 31 heavy (non-hydrogen) atoms. The van der Waals surface area contributed by atoms with Crippen molar-refractivity contribution in [3.8, 4) is 11.8 Å². The van der Waals surface area contributed by atoms with Crippen molar-refractivity contribution in [2.24, 2.45) is 5.92 Å². The van der Waals surface area contributed by atoms with Crippen LogP contribution in [0.4, 0.5) is 0 Å². The fourth-order valence-corrected chi connectivity index (χ4v) is 4.86. The van der Waals surface area contributed by atoms with E-state index in [0.717, 1.165) is 48.3 Å². The van der Waals surface area contributed by atoms with Crippen LogP contribution in [0.3, 0.4) is 0 Å². The molecule has 1 aliphatic heterocycles. The summed E-state index contributed by atoms with van der Waals surface area (Å²) in [4.78, 5) is 20.5. The number of amides is 1. The third-order valence-corrected chi connectivity index (χ3v) is 6.45. The zero-order valence-corrected chi connectivity index (χ0v) is 18.9. The molecule has 1 aromatic carbocycles. The molecule has 1 fully saturated rings. The monoisotopic (exact) mass is 435 g/mol. The van der Waals surface area contributed by atoms with Crippen molar-refractivity contribution < 1.29 is 9.90 Å². The molecule has 0 bridgehead atoms.